The van der Waals surface area contributed by atoms with E-state index in [1.54, 1.807) is 23.1 Å². The molecule has 1 atom stereocenters. The second-order valence-corrected chi connectivity index (χ2v) is 6.00. The van der Waals surface area contributed by atoms with Gasteiger partial charge in [-0.15, -0.1) is 11.3 Å². The van der Waals surface area contributed by atoms with Gasteiger partial charge >= 0.3 is 0 Å². The third kappa shape index (κ3) is 4.52. The van der Waals surface area contributed by atoms with E-state index in [-0.39, 0.29) is 0 Å². The summed E-state index contributed by atoms with van der Waals surface area (Å²) < 4.78 is 1.08. The molecule has 0 bridgehead atoms. The number of thioether (sulfide) groups is 1. The summed E-state index contributed by atoms with van der Waals surface area (Å²) in [6.07, 6.45) is 3.70. The number of thiazole rings is 1. The lowest BCUT2D eigenvalue weighted by Gasteiger charge is -2.22. The Morgan fingerprint density at radius 3 is 3.06 bits per heavy atom. The van der Waals surface area contributed by atoms with Crippen molar-refractivity contribution >= 4 is 23.1 Å². The van der Waals surface area contributed by atoms with Crippen LogP contribution in [0.3, 0.4) is 0 Å². The molecule has 5 heteroatoms. The molecular formula is C11H17N3S2. The van der Waals surface area contributed by atoms with Crippen molar-refractivity contribution in [2.45, 2.75) is 36.6 Å². The average Bonchev–Trinajstić information content (AvgIpc) is 2.79. The highest BCUT2D eigenvalue weighted by atomic mass is 32.2. The van der Waals surface area contributed by atoms with Gasteiger partial charge in [0.1, 0.15) is 9.88 Å². The van der Waals surface area contributed by atoms with Crippen LogP contribution in [0.25, 0.3) is 0 Å². The molecular weight excluding hydrogens is 238 g/mol. The van der Waals surface area contributed by atoms with Gasteiger partial charge in [-0.05, 0) is 26.3 Å². The largest absolute Gasteiger partial charge is 0.300 e. The number of rotatable bonds is 7. The third-order valence-corrected chi connectivity index (χ3v) is 4.22. The minimum Gasteiger partial charge on any atom is -0.300 e. The molecule has 0 spiro atoms. The van der Waals surface area contributed by atoms with Gasteiger partial charge in [0.25, 0.3) is 0 Å². The molecule has 88 valence electrons. The van der Waals surface area contributed by atoms with Crippen molar-refractivity contribution in [2.24, 2.45) is 0 Å². The number of hydrogen-bond acceptors (Lipinski definition) is 5. The molecule has 3 nitrogen and oxygen atoms in total. The van der Waals surface area contributed by atoms with Crippen LogP contribution in [0.2, 0.25) is 0 Å². The Hall–Kier alpha value is -0.570. The third-order valence-electron chi connectivity index (χ3n) is 2.25. The normalized spacial score (nSPS) is 14.3. The first-order chi connectivity index (χ1) is 7.70. The van der Waals surface area contributed by atoms with Crippen molar-refractivity contribution in [1.82, 2.24) is 10.3 Å². The smallest absolute Gasteiger partial charge is 0.149 e. The van der Waals surface area contributed by atoms with E-state index in [0.717, 1.165) is 29.5 Å². The molecule has 0 saturated heterocycles. The zero-order valence-electron chi connectivity index (χ0n) is 9.69. The molecule has 0 fully saturated rings. The highest BCUT2D eigenvalue weighted by Crippen LogP contribution is 2.23. The molecule has 0 saturated carbocycles. The summed E-state index contributed by atoms with van der Waals surface area (Å²) in [6, 6.07) is 2.35. The molecule has 1 heterocycles. The van der Waals surface area contributed by atoms with Crippen LogP contribution in [-0.2, 0) is 0 Å². The summed E-state index contributed by atoms with van der Waals surface area (Å²) in [5.41, 5.74) is -0.403. The van der Waals surface area contributed by atoms with E-state index >= 15 is 0 Å². The fraction of sp³-hybridized carbons (Fsp3) is 0.636. The highest BCUT2D eigenvalue weighted by Gasteiger charge is 2.22. The highest BCUT2D eigenvalue weighted by molar-refractivity contribution is 8.00. The molecule has 16 heavy (non-hydrogen) atoms. The van der Waals surface area contributed by atoms with Crippen LogP contribution in [0.4, 0.5) is 0 Å². The van der Waals surface area contributed by atoms with Gasteiger partial charge in [0, 0.05) is 17.3 Å². The van der Waals surface area contributed by atoms with Crippen molar-refractivity contribution < 1.29 is 0 Å². The van der Waals surface area contributed by atoms with Crippen LogP contribution in [0.15, 0.2) is 15.9 Å². The molecule has 0 radical (unpaired) electrons. The molecule has 1 aromatic heterocycles. The lowest BCUT2D eigenvalue weighted by molar-refractivity contribution is 0.437. The summed E-state index contributed by atoms with van der Waals surface area (Å²) in [6.45, 7) is 4.96. The number of nitrogens with one attached hydrogen (secondary N) is 1. The first kappa shape index (κ1) is 13.5. The molecule has 1 rings (SSSR count). The van der Waals surface area contributed by atoms with Crippen molar-refractivity contribution in [2.75, 3.05) is 12.3 Å². The number of nitrogens with zero attached hydrogens (tertiary/aromatic N) is 2. The monoisotopic (exact) mass is 255 g/mol. The van der Waals surface area contributed by atoms with Gasteiger partial charge in [-0.25, -0.2) is 4.98 Å². The summed E-state index contributed by atoms with van der Waals surface area (Å²) in [4.78, 5) is 4.20. The molecule has 0 amide bonds. The molecule has 1 aromatic rings. The van der Waals surface area contributed by atoms with Crippen LogP contribution in [0.1, 0.15) is 26.7 Å². The number of nitriles is 1. The van der Waals surface area contributed by atoms with Crippen molar-refractivity contribution in [3.8, 4) is 6.07 Å². The summed E-state index contributed by atoms with van der Waals surface area (Å²) in [5, 5.41) is 14.4. The minimum atomic E-state index is -0.403. The Morgan fingerprint density at radius 2 is 2.50 bits per heavy atom. The van der Waals surface area contributed by atoms with Crippen LogP contribution in [0, 0.1) is 11.3 Å². The Labute approximate surface area is 105 Å². The Kier molecular flexibility index (Phi) is 5.81. The van der Waals surface area contributed by atoms with E-state index in [4.69, 9.17) is 5.26 Å². The molecule has 0 aromatic carbocycles. The van der Waals surface area contributed by atoms with Gasteiger partial charge in [0.2, 0.25) is 0 Å². The fourth-order valence-electron chi connectivity index (χ4n) is 1.21. The van der Waals surface area contributed by atoms with Crippen molar-refractivity contribution in [3.05, 3.63) is 11.6 Å². The van der Waals surface area contributed by atoms with Crippen LogP contribution in [0.5, 0.6) is 0 Å². The lowest BCUT2D eigenvalue weighted by Crippen LogP contribution is -2.41. The maximum atomic E-state index is 9.13. The van der Waals surface area contributed by atoms with Crippen molar-refractivity contribution in [3.63, 3.8) is 0 Å². The van der Waals surface area contributed by atoms with E-state index in [2.05, 4.69) is 23.3 Å². The van der Waals surface area contributed by atoms with Crippen LogP contribution < -0.4 is 5.32 Å². The van der Waals surface area contributed by atoms with Gasteiger partial charge in [-0.3, -0.25) is 5.32 Å². The fourth-order valence-corrected chi connectivity index (χ4v) is 3.08. The Bertz CT molecular complexity index is 331. The maximum absolute atomic E-state index is 9.13. The minimum absolute atomic E-state index is 0.403. The van der Waals surface area contributed by atoms with E-state index in [1.807, 2.05) is 18.5 Å². The first-order valence-corrected chi connectivity index (χ1v) is 7.25. The first-order valence-electron chi connectivity index (χ1n) is 5.39. The number of hydrogen-bond donors (Lipinski definition) is 1. The summed E-state index contributed by atoms with van der Waals surface area (Å²) >= 11 is 3.37. The summed E-state index contributed by atoms with van der Waals surface area (Å²) in [7, 11) is 0. The van der Waals surface area contributed by atoms with Gasteiger partial charge in [-0.2, -0.15) is 5.26 Å². The maximum Gasteiger partial charge on any atom is 0.149 e. The number of aromatic nitrogens is 1. The van der Waals surface area contributed by atoms with Gasteiger partial charge < -0.3 is 0 Å². The summed E-state index contributed by atoms with van der Waals surface area (Å²) in [5.74, 6) is 0.925. The molecule has 1 N–H and O–H groups in total. The van der Waals surface area contributed by atoms with Crippen molar-refractivity contribution in [1.29, 1.82) is 5.26 Å². The lowest BCUT2D eigenvalue weighted by atomic mass is 10.0. The predicted octanol–water partition coefficient (Wildman–Crippen LogP) is 2.91. The zero-order chi connectivity index (χ0) is 11.9. The van der Waals surface area contributed by atoms with Gasteiger partial charge in [0.15, 0.2) is 0 Å². The van der Waals surface area contributed by atoms with Gasteiger partial charge in [0.05, 0.1) is 6.07 Å². The van der Waals surface area contributed by atoms with E-state index in [9.17, 15) is 0 Å². The zero-order valence-corrected chi connectivity index (χ0v) is 11.3. The van der Waals surface area contributed by atoms with Crippen LogP contribution >= 0.6 is 23.1 Å². The predicted molar refractivity (Wildman–Crippen MR) is 69.8 cm³/mol. The molecule has 0 aliphatic heterocycles. The topological polar surface area (TPSA) is 48.7 Å². The van der Waals surface area contributed by atoms with E-state index in [0.29, 0.717) is 0 Å². The SMILES string of the molecule is CCCNC(C)(C#N)CCSc1nccs1. The van der Waals surface area contributed by atoms with Gasteiger partial charge in [-0.1, -0.05) is 18.7 Å². The average molecular weight is 255 g/mol. The second kappa shape index (κ2) is 6.89. The molecule has 0 aliphatic rings. The molecule has 1 unspecified atom stereocenters. The van der Waals surface area contributed by atoms with Crippen LogP contribution in [-0.4, -0.2) is 22.8 Å². The second-order valence-electron chi connectivity index (χ2n) is 3.77. The Balaban J connectivity index is 2.31. The van der Waals surface area contributed by atoms with E-state index in [1.165, 1.54) is 0 Å². The standard InChI is InChI=1S/C11H17N3S2/c1-3-5-14-11(2,9-12)4-7-15-10-13-6-8-16-10/h6,8,14H,3-5,7H2,1-2H3. The molecule has 0 aliphatic carbocycles. The Morgan fingerprint density at radius 1 is 1.69 bits per heavy atom. The quantitative estimate of drug-likeness (QED) is 0.761. The van der Waals surface area contributed by atoms with E-state index < -0.39 is 5.54 Å².